The van der Waals surface area contributed by atoms with E-state index in [1.54, 1.807) is 4.68 Å². The average molecular weight is 316 g/mol. The van der Waals surface area contributed by atoms with Gasteiger partial charge in [0.2, 0.25) is 0 Å². The van der Waals surface area contributed by atoms with Crippen LogP contribution in [0.1, 0.15) is 23.9 Å². The standard InChI is InChI=1S/C14H16Cl2FN3/c1-8-4-9(20(3)19-8)7-14(2,18)10-5-13(17)12(16)6-11(10)15/h4-6H,7,18H2,1-3H3. The van der Waals surface area contributed by atoms with Gasteiger partial charge in [-0.3, -0.25) is 4.68 Å². The van der Waals surface area contributed by atoms with Crippen LogP contribution in [-0.2, 0) is 19.0 Å². The molecule has 0 saturated heterocycles. The zero-order valence-electron chi connectivity index (χ0n) is 11.5. The van der Waals surface area contributed by atoms with Crippen LogP contribution >= 0.6 is 23.2 Å². The van der Waals surface area contributed by atoms with E-state index in [0.29, 0.717) is 17.0 Å². The molecular formula is C14H16Cl2FN3. The Morgan fingerprint density at radius 2 is 1.95 bits per heavy atom. The summed E-state index contributed by atoms with van der Waals surface area (Å²) in [5.74, 6) is -0.524. The van der Waals surface area contributed by atoms with Gasteiger partial charge in [0.15, 0.2) is 0 Å². The molecule has 0 radical (unpaired) electrons. The Morgan fingerprint density at radius 1 is 1.30 bits per heavy atom. The summed E-state index contributed by atoms with van der Waals surface area (Å²) < 4.78 is 15.4. The molecule has 108 valence electrons. The van der Waals surface area contributed by atoms with E-state index in [9.17, 15) is 4.39 Å². The topological polar surface area (TPSA) is 43.8 Å². The highest BCUT2D eigenvalue weighted by Gasteiger charge is 2.27. The number of halogens is 3. The summed E-state index contributed by atoms with van der Waals surface area (Å²) >= 11 is 11.9. The largest absolute Gasteiger partial charge is 0.321 e. The van der Waals surface area contributed by atoms with Gasteiger partial charge in [-0.1, -0.05) is 23.2 Å². The summed E-state index contributed by atoms with van der Waals surface area (Å²) in [6.07, 6.45) is 0.491. The zero-order valence-corrected chi connectivity index (χ0v) is 13.1. The lowest BCUT2D eigenvalue weighted by atomic mass is 9.88. The van der Waals surface area contributed by atoms with Crippen molar-refractivity contribution in [3.63, 3.8) is 0 Å². The first-order valence-electron chi connectivity index (χ1n) is 6.14. The smallest absolute Gasteiger partial charge is 0.142 e. The Labute approximate surface area is 127 Å². The molecule has 0 aliphatic heterocycles. The van der Waals surface area contributed by atoms with E-state index in [1.165, 1.54) is 12.1 Å². The molecule has 1 aromatic carbocycles. The molecule has 0 aliphatic rings. The molecule has 2 rings (SSSR count). The summed E-state index contributed by atoms with van der Waals surface area (Å²) in [6.45, 7) is 3.72. The highest BCUT2D eigenvalue weighted by atomic mass is 35.5. The number of hydrogen-bond acceptors (Lipinski definition) is 2. The Balaban J connectivity index is 2.40. The first-order chi connectivity index (χ1) is 9.20. The SMILES string of the molecule is Cc1cc(CC(C)(N)c2cc(F)c(Cl)cc2Cl)n(C)n1. The van der Waals surface area contributed by atoms with E-state index in [1.807, 2.05) is 27.0 Å². The van der Waals surface area contributed by atoms with Gasteiger partial charge >= 0.3 is 0 Å². The zero-order chi connectivity index (χ0) is 15.1. The Kier molecular flexibility index (Phi) is 4.09. The van der Waals surface area contributed by atoms with Crippen molar-refractivity contribution in [1.29, 1.82) is 0 Å². The molecule has 1 heterocycles. The van der Waals surface area contributed by atoms with Crippen LogP contribution in [0, 0.1) is 12.7 Å². The van der Waals surface area contributed by atoms with Crippen LogP contribution in [0.4, 0.5) is 4.39 Å². The lowest BCUT2D eigenvalue weighted by molar-refractivity contribution is 0.468. The van der Waals surface area contributed by atoms with Crippen LogP contribution in [0.2, 0.25) is 10.0 Å². The van der Waals surface area contributed by atoms with Gasteiger partial charge in [-0.25, -0.2) is 4.39 Å². The minimum absolute atomic E-state index is 0.00840. The van der Waals surface area contributed by atoms with E-state index in [0.717, 1.165) is 11.4 Å². The Bertz CT molecular complexity index is 650. The van der Waals surface area contributed by atoms with Crippen molar-refractivity contribution in [1.82, 2.24) is 9.78 Å². The normalized spacial score (nSPS) is 14.3. The van der Waals surface area contributed by atoms with Gasteiger partial charge in [0, 0.05) is 29.7 Å². The second-order valence-electron chi connectivity index (χ2n) is 5.24. The van der Waals surface area contributed by atoms with Gasteiger partial charge in [-0.05, 0) is 37.6 Å². The minimum Gasteiger partial charge on any atom is -0.321 e. The van der Waals surface area contributed by atoms with Crippen molar-refractivity contribution >= 4 is 23.2 Å². The summed E-state index contributed by atoms with van der Waals surface area (Å²) in [5.41, 5.74) is 7.91. The van der Waals surface area contributed by atoms with Crippen LogP contribution in [0.15, 0.2) is 18.2 Å². The molecule has 0 saturated carbocycles. The number of benzene rings is 1. The highest BCUT2D eigenvalue weighted by Crippen LogP contribution is 2.32. The number of aryl methyl sites for hydroxylation is 2. The van der Waals surface area contributed by atoms with E-state index >= 15 is 0 Å². The predicted molar refractivity (Wildman–Crippen MR) is 79.6 cm³/mol. The van der Waals surface area contributed by atoms with Crippen molar-refractivity contribution < 1.29 is 4.39 Å². The number of rotatable bonds is 3. The molecule has 2 N–H and O–H groups in total. The molecule has 20 heavy (non-hydrogen) atoms. The van der Waals surface area contributed by atoms with Crippen LogP contribution in [0.5, 0.6) is 0 Å². The van der Waals surface area contributed by atoms with Crippen LogP contribution in [-0.4, -0.2) is 9.78 Å². The third kappa shape index (κ3) is 2.97. The van der Waals surface area contributed by atoms with Gasteiger partial charge in [0.05, 0.1) is 10.7 Å². The van der Waals surface area contributed by atoms with E-state index < -0.39 is 11.4 Å². The molecule has 0 amide bonds. The molecule has 0 spiro atoms. The molecule has 1 atom stereocenters. The fourth-order valence-corrected chi connectivity index (χ4v) is 2.86. The third-order valence-corrected chi connectivity index (χ3v) is 3.87. The predicted octanol–water partition coefficient (Wildman–Crippen LogP) is 3.59. The van der Waals surface area contributed by atoms with Gasteiger partial charge in [0.25, 0.3) is 0 Å². The lowest BCUT2D eigenvalue weighted by Crippen LogP contribution is -2.36. The minimum atomic E-state index is -0.817. The monoisotopic (exact) mass is 315 g/mol. The molecule has 0 aliphatic carbocycles. The first-order valence-corrected chi connectivity index (χ1v) is 6.90. The van der Waals surface area contributed by atoms with Crippen LogP contribution < -0.4 is 5.73 Å². The van der Waals surface area contributed by atoms with Gasteiger partial charge < -0.3 is 5.73 Å². The summed E-state index contributed by atoms with van der Waals surface area (Å²) in [6, 6.07) is 4.63. The highest BCUT2D eigenvalue weighted by molar-refractivity contribution is 6.35. The molecule has 0 bridgehead atoms. The fraction of sp³-hybridized carbons (Fsp3) is 0.357. The van der Waals surface area contributed by atoms with E-state index in [-0.39, 0.29) is 5.02 Å². The van der Waals surface area contributed by atoms with Crippen molar-refractivity contribution in [3.8, 4) is 0 Å². The maximum absolute atomic E-state index is 13.6. The Hall–Kier alpha value is -1.10. The van der Waals surface area contributed by atoms with Crippen LogP contribution in [0.3, 0.4) is 0 Å². The number of nitrogens with two attached hydrogens (primary N) is 1. The van der Waals surface area contributed by atoms with Crippen molar-refractivity contribution in [2.24, 2.45) is 12.8 Å². The van der Waals surface area contributed by atoms with Gasteiger partial charge in [-0.2, -0.15) is 5.10 Å². The molecular weight excluding hydrogens is 300 g/mol. The second kappa shape index (κ2) is 5.35. The molecule has 0 fully saturated rings. The quantitative estimate of drug-likeness (QED) is 0.880. The van der Waals surface area contributed by atoms with Gasteiger partial charge in [-0.15, -0.1) is 0 Å². The number of nitrogens with zero attached hydrogens (tertiary/aromatic N) is 2. The fourth-order valence-electron chi connectivity index (χ4n) is 2.26. The van der Waals surface area contributed by atoms with Crippen LogP contribution in [0.25, 0.3) is 0 Å². The summed E-state index contributed by atoms with van der Waals surface area (Å²) in [5, 5.41) is 4.63. The van der Waals surface area contributed by atoms with Gasteiger partial charge in [0.1, 0.15) is 5.82 Å². The van der Waals surface area contributed by atoms with E-state index in [4.69, 9.17) is 28.9 Å². The van der Waals surface area contributed by atoms with Crippen molar-refractivity contribution in [3.05, 3.63) is 51.0 Å². The molecule has 6 heteroatoms. The molecule has 1 aromatic heterocycles. The Morgan fingerprint density at radius 3 is 2.50 bits per heavy atom. The average Bonchev–Trinajstić information content (AvgIpc) is 2.61. The molecule has 2 aromatic rings. The molecule has 3 nitrogen and oxygen atoms in total. The summed E-state index contributed by atoms with van der Waals surface area (Å²) in [4.78, 5) is 0. The molecule has 1 unspecified atom stereocenters. The first kappa shape index (κ1) is 15.3. The third-order valence-electron chi connectivity index (χ3n) is 3.27. The lowest BCUT2D eigenvalue weighted by Gasteiger charge is -2.26. The van der Waals surface area contributed by atoms with Crippen molar-refractivity contribution in [2.45, 2.75) is 25.8 Å². The number of hydrogen-bond donors (Lipinski definition) is 1. The maximum Gasteiger partial charge on any atom is 0.142 e. The summed E-state index contributed by atoms with van der Waals surface area (Å²) in [7, 11) is 1.85. The number of aromatic nitrogens is 2. The maximum atomic E-state index is 13.6. The second-order valence-corrected chi connectivity index (χ2v) is 6.06. The van der Waals surface area contributed by atoms with Crippen molar-refractivity contribution in [2.75, 3.05) is 0 Å². The van der Waals surface area contributed by atoms with E-state index in [2.05, 4.69) is 5.10 Å².